The zero-order valence-corrected chi connectivity index (χ0v) is 14.4. The monoisotopic (exact) mass is 341 g/mol. The molecule has 0 unspecified atom stereocenters. The van der Waals surface area contributed by atoms with Crippen LogP contribution in [0.15, 0.2) is 42.6 Å². The summed E-state index contributed by atoms with van der Waals surface area (Å²) < 4.78 is 10.7. The summed E-state index contributed by atoms with van der Waals surface area (Å²) in [4.78, 5) is 19.0. The van der Waals surface area contributed by atoms with Gasteiger partial charge in [0, 0.05) is 37.0 Å². The van der Waals surface area contributed by atoms with Crippen molar-refractivity contribution in [3.8, 4) is 5.75 Å². The number of pyridine rings is 1. The Morgan fingerprint density at radius 1 is 1.20 bits per heavy atom. The molecule has 1 aliphatic heterocycles. The first kappa shape index (κ1) is 17.2. The molecule has 0 aliphatic carbocycles. The van der Waals surface area contributed by atoms with E-state index >= 15 is 0 Å². The van der Waals surface area contributed by atoms with Gasteiger partial charge in [-0.2, -0.15) is 0 Å². The van der Waals surface area contributed by atoms with Gasteiger partial charge in [0.1, 0.15) is 11.6 Å². The summed E-state index contributed by atoms with van der Waals surface area (Å²) in [6.07, 6.45) is 2.07. The van der Waals surface area contributed by atoms with Crippen LogP contribution in [0.1, 0.15) is 11.1 Å². The molecule has 0 atom stereocenters. The topological polar surface area (TPSA) is 63.7 Å². The lowest BCUT2D eigenvalue weighted by Crippen LogP contribution is -2.38. The van der Waals surface area contributed by atoms with E-state index in [9.17, 15) is 4.79 Å². The van der Waals surface area contributed by atoms with Crippen molar-refractivity contribution in [3.63, 3.8) is 0 Å². The highest BCUT2D eigenvalue weighted by Gasteiger charge is 2.16. The number of hydrogen-bond acceptors (Lipinski definition) is 5. The third-order valence-corrected chi connectivity index (χ3v) is 4.20. The van der Waals surface area contributed by atoms with Gasteiger partial charge < -0.3 is 19.7 Å². The average Bonchev–Trinajstić information content (AvgIpc) is 2.68. The zero-order chi connectivity index (χ0) is 17.5. The van der Waals surface area contributed by atoms with Gasteiger partial charge in [-0.15, -0.1) is 0 Å². The Labute approximate surface area is 147 Å². The number of carbonyl (C=O) groups excluding carboxylic acids is 1. The number of rotatable bonds is 6. The van der Waals surface area contributed by atoms with E-state index in [1.54, 1.807) is 13.3 Å². The van der Waals surface area contributed by atoms with Gasteiger partial charge in [-0.1, -0.05) is 24.3 Å². The van der Waals surface area contributed by atoms with Crippen LogP contribution in [0.3, 0.4) is 0 Å². The first-order valence-corrected chi connectivity index (χ1v) is 8.43. The Balaban J connectivity index is 1.62. The van der Waals surface area contributed by atoms with Crippen LogP contribution >= 0.6 is 0 Å². The molecule has 0 spiro atoms. The normalized spacial score (nSPS) is 14.2. The van der Waals surface area contributed by atoms with Gasteiger partial charge in [-0.05, 0) is 12.1 Å². The van der Waals surface area contributed by atoms with Crippen molar-refractivity contribution >= 4 is 11.7 Å². The molecule has 1 saturated heterocycles. The van der Waals surface area contributed by atoms with Gasteiger partial charge in [-0.25, -0.2) is 4.98 Å². The zero-order valence-electron chi connectivity index (χ0n) is 14.4. The van der Waals surface area contributed by atoms with Crippen LogP contribution in [-0.4, -0.2) is 44.3 Å². The molecule has 0 saturated carbocycles. The molecule has 1 fully saturated rings. The number of anilines is 1. The van der Waals surface area contributed by atoms with E-state index in [-0.39, 0.29) is 12.3 Å². The Morgan fingerprint density at radius 3 is 2.76 bits per heavy atom. The third-order valence-electron chi connectivity index (χ3n) is 4.20. The second-order valence-corrected chi connectivity index (χ2v) is 5.85. The van der Waals surface area contributed by atoms with Gasteiger partial charge in [0.15, 0.2) is 0 Å². The highest BCUT2D eigenvalue weighted by atomic mass is 16.5. The Bertz CT molecular complexity index is 715. The molecule has 3 rings (SSSR count). The largest absolute Gasteiger partial charge is 0.496 e. The standard InChI is InChI=1S/C19H23N3O3/c1-24-17-7-3-2-5-15(17)13-18(23)21-14-16-6-4-8-20-19(16)22-9-11-25-12-10-22/h2-8H,9-14H2,1H3,(H,21,23). The maximum absolute atomic E-state index is 12.3. The predicted octanol–water partition coefficient (Wildman–Crippen LogP) is 1.79. The smallest absolute Gasteiger partial charge is 0.224 e. The number of morpholine rings is 1. The first-order valence-electron chi connectivity index (χ1n) is 8.43. The molecule has 1 aromatic carbocycles. The van der Waals surface area contributed by atoms with Crippen molar-refractivity contribution in [2.75, 3.05) is 38.3 Å². The van der Waals surface area contributed by atoms with Crippen LogP contribution in [0.2, 0.25) is 0 Å². The van der Waals surface area contributed by atoms with Crippen LogP contribution in [0.4, 0.5) is 5.82 Å². The molecule has 25 heavy (non-hydrogen) atoms. The van der Waals surface area contributed by atoms with E-state index in [0.717, 1.165) is 35.8 Å². The van der Waals surface area contributed by atoms with E-state index in [1.165, 1.54) is 0 Å². The molecule has 6 nitrogen and oxygen atoms in total. The fourth-order valence-electron chi connectivity index (χ4n) is 2.91. The number of methoxy groups -OCH3 is 1. The summed E-state index contributed by atoms with van der Waals surface area (Å²) in [6.45, 7) is 3.50. The molecule has 1 aromatic heterocycles. The van der Waals surface area contributed by atoms with Crippen LogP contribution in [0.25, 0.3) is 0 Å². The number of amides is 1. The summed E-state index contributed by atoms with van der Waals surface area (Å²) in [5, 5.41) is 2.99. The molecule has 2 aromatic rings. The molecular weight excluding hydrogens is 318 g/mol. The van der Waals surface area contributed by atoms with E-state index < -0.39 is 0 Å². The molecule has 6 heteroatoms. The molecule has 1 aliphatic rings. The third kappa shape index (κ3) is 4.48. The van der Waals surface area contributed by atoms with Crippen molar-refractivity contribution in [2.45, 2.75) is 13.0 Å². The quantitative estimate of drug-likeness (QED) is 0.868. The second kappa shape index (κ2) is 8.48. The minimum Gasteiger partial charge on any atom is -0.496 e. The van der Waals surface area contributed by atoms with E-state index in [2.05, 4.69) is 15.2 Å². The number of para-hydroxylation sites is 1. The lowest BCUT2D eigenvalue weighted by molar-refractivity contribution is -0.120. The number of benzene rings is 1. The van der Waals surface area contributed by atoms with Crippen molar-refractivity contribution in [1.29, 1.82) is 0 Å². The highest BCUT2D eigenvalue weighted by Crippen LogP contribution is 2.19. The average molecular weight is 341 g/mol. The number of carbonyl (C=O) groups is 1. The fraction of sp³-hybridized carbons (Fsp3) is 0.368. The van der Waals surface area contributed by atoms with Crippen LogP contribution in [-0.2, 0) is 22.5 Å². The number of hydrogen-bond donors (Lipinski definition) is 1. The molecule has 1 N–H and O–H groups in total. The first-order chi connectivity index (χ1) is 12.3. The van der Waals surface area contributed by atoms with E-state index in [4.69, 9.17) is 9.47 Å². The van der Waals surface area contributed by atoms with E-state index in [0.29, 0.717) is 19.8 Å². The van der Waals surface area contributed by atoms with Gasteiger partial charge in [0.2, 0.25) is 5.91 Å². The Hall–Kier alpha value is -2.60. The van der Waals surface area contributed by atoms with Crippen molar-refractivity contribution in [3.05, 3.63) is 53.7 Å². The van der Waals surface area contributed by atoms with Crippen LogP contribution in [0, 0.1) is 0 Å². The Kier molecular flexibility index (Phi) is 5.85. The maximum atomic E-state index is 12.3. The van der Waals surface area contributed by atoms with Gasteiger partial charge in [0.05, 0.1) is 26.7 Å². The molecular formula is C19H23N3O3. The van der Waals surface area contributed by atoms with Crippen molar-refractivity contribution in [2.24, 2.45) is 0 Å². The van der Waals surface area contributed by atoms with Gasteiger partial charge in [-0.3, -0.25) is 4.79 Å². The lowest BCUT2D eigenvalue weighted by Gasteiger charge is -2.29. The molecule has 132 valence electrons. The highest BCUT2D eigenvalue weighted by molar-refractivity contribution is 5.79. The maximum Gasteiger partial charge on any atom is 0.224 e. The summed E-state index contributed by atoms with van der Waals surface area (Å²) in [7, 11) is 1.61. The predicted molar refractivity (Wildman–Crippen MR) is 95.8 cm³/mol. The summed E-state index contributed by atoms with van der Waals surface area (Å²) >= 11 is 0. The summed E-state index contributed by atoms with van der Waals surface area (Å²) in [5.41, 5.74) is 1.89. The van der Waals surface area contributed by atoms with Crippen LogP contribution in [0.5, 0.6) is 5.75 Å². The van der Waals surface area contributed by atoms with E-state index in [1.807, 2.05) is 36.4 Å². The minimum atomic E-state index is -0.0405. The number of aromatic nitrogens is 1. The molecule has 1 amide bonds. The number of nitrogens with one attached hydrogen (secondary N) is 1. The number of ether oxygens (including phenoxy) is 2. The minimum absolute atomic E-state index is 0.0405. The molecule has 0 bridgehead atoms. The second-order valence-electron chi connectivity index (χ2n) is 5.85. The Morgan fingerprint density at radius 2 is 1.96 bits per heavy atom. The summed E-state index contributed by atoms with van der Waals surface area (Å²) in [6, 6.07) is 11.5. The van der Waals surface area contributed by atoms with Crippen molar-refractivity contribution < 1.29 is 14.3 Å². The molecule has 0 radical (unpaired) electrons. The molecule has 2 heterocycles. The van der Waals surface area contributed by atoms with Crippen molar-refractivity contribution in [1.82, 2.24) is 10.3 Å². The number of nitrogens with zero attached hydrogens (tertiary/aromatic N) is 2. The van der Waals surface area contributed by atoms with Gasteiger partial charge in [0.25, 0.3) is 0 Å². The van der Waals surface area contributed by atoms with Crippen LogP contribution < -0.4 is 15.0 Å². The SMILES string of the molecule is COc1ccccc1CC(=O)NCc1cccnc1N1CCOCC1. The fourth-order valence-corrected chi connectivity index (χ4v) is 2.91. The van der Waals surface area contributed by atoms with Gasteiger partial charge >= 0.3 is 0 Å². The lowest BCUT2D eigenvalue weighted by atomic mass is 10.1. The summed E-state index contributed by atoms with van der Waals surface area (Å²) in [5.74, 6) is 1.61.